The zero-order valence-corrected chi connectivity index (χ0v) is 12.5. The molecule has 0 N–H and O–H groups in total. The summed E-state index contributed by atoms with van der Waals surface area (Å²) in [4.78, 5) is 11.6. The molecule has 0 aliphatic heterocycles. The Bertz CT molecular complexity index is 231. The fourth-order valence-corrected chi connectivity index (χ4v) is 1.71. The molecule has 0 atom stereocenters. The van der Waals surface area contributed by atoms with Crippen LogP contribution in [0, 0.1) is 5.92 Å². The van der Waals surface area contributed by atoms with Crippen LogP contribution in [-0.2, 0) is 9.53 Å². The molecule has 106 valence electrons. The Morgan fingerprint density at radius 2 is 1.72 bits per heavy atom. The first-order valence-electron chi connectivity index (χ1n) is 7.42. The van der Waals surface area contributed by atoms with Gasteiger partial charge >= 0.3 is 5.97 Å². The van der Waals surface area contributed by atoms with E-state index in [9.17, 15) is 4.79 Å². The van der Waals surface area contributed by atoms with E-state index < -0.39 is 0 Å². The highest BCUT2D eigenvalue weighted by molar-refractivity contribution is 5.87. The van der Waals surface area contributed by atoms with Gasteiger partial charge in [-0.1, -0.05) is 59.5 Å². The highest BCUT2D eigenvalue weighted by atomic mass is 16.5. The molecule has 0 saturated carbocycles. The van der Waals surface area contributed by atoms with E-state index in [4.69, 9.17) is 4.74 Å². The number of esters is 1. The third-order valence-electron chi connectivity index (χ3n) is 3.05. The first kappa shape index (κ1) is 17.2. The molecule has 0 aromatic rings. The summed E-state index contributed by atoms with van der Waals surface area (Å²) in [6.45, 7) is 10.8. The van der Waals surface area contributed by atoms with Gasteiger partial charge < -0.3 is 4.74 Å². The van der Waals surface area contributed by atoms with Crippen LogP contribution in [0.1, 0.15) is 72.1 Å². The van der Waals surface area contributed by atoms with E-state index in [1.807, 2.05) is 0 Å². The maximum atomic E-state index is 11.6. The van der Waals surface area contributed by atoms with E-state index in [-0.39, 0.29) is 5.97 Å². The highest BCUT2D eigenvalue weighted by Gasteiger charge is 2.08. The number of rotatable bonds is 11. The van der Waals surface area contributed by atoms with Gasteiger partial charge in [-0.25, -0.2) is 4.79 Å². The standard InChI is InChI=1S/C16H30O2/c1-5-6-7-8-9-10-11-15(4)16(17)18-13-12-14(2)3/h14H,4-13H2,1-3H3. The summed E-state index contributed by atoms with van der Waals surface area (Å²) in [6, 6.07) is 0. The van der Waals surface area contributed by atoms with Gasteiger partial charge in [-0.2, -0.15) is 0 Å². The van der Waals surface area contributed by atoms with Gasteiger partial charge in [-0.3, -0.25) is 0 Å². The molecule has 0 spiro atoms. The third-order valence-corrected chi connectivity index (χ3v) is 3.05. The van der Waals surface area contributed by atoms with Crippen molar-refractivity contribution in [2.24, 2.45) is 5.92 Å². The number of hydrogen-bond acceptors (Lipinski definition) is 2. The summed E-state index contributed by atoms with van der Waals surface area (Å²) in [5.74, 6) is 0.369. The van der Waals surface area contributed by atoms with Crippen LogP contribution in [0.5, 0.6) is 0 Å². The molecule has 0 aliphatic carbocycles. The Kier molecular flexibility index (Phi) is 10.8. The molecular formula is C16H30O2. The van der Waals surface area contributed by atoms with Crippen LogP contribution in [0.3, 0.4) is 0 Å². The second-order valence-electron chi connectivity index (χ2n) is 5.44. The number of carbonyl (C=O) groups excluding carboxylic acids is 1. The number of ether oxygens (including phenoxy) is 1. The highest BCUT2D eigenvalue weighted by Crippen LogP contribution is 2.12. The number of hydrogen-bond donors (Lipinski definition) is 0. The zero-order valence-electron chi connectivity index (χ0n) is 12.5. The van der Waals surface area contributed by atoms with E-state index in [2.05, 4.69) is 27.4 Å². The Balaban J connectivity index is 3.47. The summed E-state index contributed by atoms with van der Waals surface area (Å²) < 4.78 is 5.17. The Morgan fingerprint density at radius 3 is 2.33 bits per heavy atom. The van der Waals surface area contributed by atoms with E-state index in [0.29, 0.717) is 18.1 Å². The van der Waals surface area contributed by atoms with Gasteiger partial charge in [0.05, 0.1) is 6.61 Å². The molecule has 0 unspecified atom stereocenters. The lowest BCUT2D eigenvalue weighted by Gasteiger charge is -2.08. The van der Waals surface area contributed by atoms with Crippen LogP contribution >= 0.6 is 0 Å². The maximum Gasteiger partial charge on any atom is 0.333 e. The summed E-state index contributed by atoms with van der Waals surface area (Å²) in [6.07, 6.45) is 9.13. The molecule has 0 saturated heterocycles. The topological polar surface area (TPSA) is 26.3 Å². The second-order valence-corrected chi connectivity index (χ2v) is 5.44. The molecule has 0 amide bonds. The van der Waals surface area contributed by atoms with Crippen molar-refractivity contribution in [2.45, 2.75) is 72.1 Å². The second kappa shape index (κ2) is 11.3. The molecule has 0 rings (SSSR count). The quantitative estimate of drug-likeness (QED) is 0.298. The molecular weight excluding hydrogens is 224 g/mol. The smallest absolute Gasteiger partial charge is 0.333 e. The molecule has 0 aromatic heterocycles. The van der Waals surface area contributed by atoms with E-state index in [1.165, 1.54) is 32.1 Å². The monoisotopic (exact) mass is 254 g/mol. The SMILES string of the molecule is C=C(CCCCCCCC)C(=O)OCCC(C)C. The molecule has 0 radical (unpaired) electrons. The lowest BCUT2D eigenvalue weighted by Crippen LogP contribution is -2.09. The maximum absolute atomic E-state index is 11.6. The molecule has 0 fully saturated rings. The summed E-state index contributed by atoms with van der Waals surface area (Å²) >= 11 is 0. The minimum Gasteiger partial charge on any atom is -0.462 e. The van der Waals surface area contributed by atoms with Crippen molar-refractivity contribution in [2.75, 3.05) is 6.61 Å². The predicted octanol–water partition coefficient (Wildman–Crippen LogP) is 4.88. The van der Waals surface area contributed by atoms with Gasteiger partial charge in [-0.05, 0) is 25.2 Å². The van der Waals surface area contributed by atoms with Crippen molar-refractivity contribution in [3.05, 3.63) is 12.2 Å². The summed E-state index contributed by atoms with van der Waals surface area (Å²) in [5.41, 5.74) is 0.634. The van der Waals surface area contributed by atoms with Gasteiger partial charge in [0.2, 0.25) is 0 Å². The molecule has 2 heteroatoms. The minimum absolute atomic E-state index is 0.204. The van der Waals surface area contributed by atoms with Gasteiger partial charge in [-0.15, -0.1) is 0 Å². The number of carbonyl (C=O) groups is 1. The van der Waals surface area contributed by atoms with E-state index >= 15 is 0 Å². The van der Waals surface area contributed by atoms with Crippen LogP contribution in [0.2, 0.25) is 0 Å². The Labute approximate surface area is 113 Å². The largest absolute Gasteiger partial charge is 0.462 e. The number of unbranched alkanes of at least 4 members (excludes halogenated alkanes) is 5. The Morgan fingerprint density at radius 1 is 1.11 bits per heavy atom. The van der Waals surface area contributed by atoms with Crippen molar-refractivity contribution in [3.63, 3.8) is 0 Å². The summed E-state index contributed by atoms with van der Waals surface area (Å²) in [5, 5.41) is 0. The molecule has 0 aromatic carbocycles. The molecule has 0 bridgehead atoms. The average Bonchev–Trinajstić information content (AvgIpc) is 2.32. The van der Waals surface area contributed by atoms with Crippen molar-refractivity contribution in [3.8, 4) is 0 Å². The van der Waals surface area contributed by atoms with Crippen molar-refractivity contribution in [1.29, 1.82) is 0 Å². The van der Waals surface area contributed by atoms with Crippen LogP contribution in [0.15, 0.2) is 12.2 Å². The van der Waals surface area contributed by atoms with Crippen molar-refractivity contribution < 1.29 is 9.53 Å². The normalized spacial score (nSPS) is 10.7. The molecule has 2 nitrogen and oxygen atoms in total. The molecule has 18 heavy (non-hydrogen) atoms. The fraction of sp³-hybridized carbons (Fsp3) is 0.812. The van der Waals surface area contributed by atoms with Crippen LogP contribution < -0.4 is 0 Å². The van der Waals surface area contributed by atoms with Crippen molar-refractivity contribution >= 4 is 5.97 Å². The fourth-order valence-electron chi connectivity index (χ4n) is 1.71. The van der Waals surface area contributed by atoms with Crippen LogP contribution in [0.4, 0.5) is 0 Å². The Hall–Kier alpha value is -0.790. The van der Waals surface area contributed by atoms with Gasteiger partial charge in [0.1, 0.15) is 0 Å². The van der Waals surface area contributed by atoms with Gasteiger partial charge in [0, 0.05) is 5.57 Å². The predicted molar refractivity (Wildman–Crippen MR) is 77.5 cm³/mol. The van der Waals surface area contributed by atoms with E-state index in [0.717, 1.165) is 19.3 Å². The van der Waals surface area contributed by atoms with Crippen molar-refractivity contribution in [1.82, 2.24) is 0 Å². The minimum atomic E-state index is -0.204. The van der Waals surface area contributed by atoms with E-state index in [1.54, 1.807) is 0 Å². The lowest BCUT2D eigenvalue weighted by atomic mass is 10.1. The molecule has 0 aliphatic rings. The zero-order chi connectivity index (χ0) is 13.8. The van der Waals surface area contributed by atoms with Gasteiger partial charge in [0.15, 0.2) is 0 Å². The summed E-state index contributed by atoms with van der Waals surface area (Å²) in [7, 11) is 0. The first-order valence-corrected chi connectivity index (χ1v) is 7.42. The first-order chi connectivity index (χ1) is 8.57. The van der Waals surface area contributed by atoms with Gasteiger partial charge in [0.25, 0.3) is 0 Å². The van der Waals surface area contributed by atoms with Crippen LogP contribution in [0.25, 0.3) is 0 Å². The lowest BCUT2D eigenvalue weighted by molar-refractivity contribution is -0.139. The third kappa shape index (κ3) is 10.4. The van der Waals surface area contributed by atoms with Crippen LogP contribution in [-0.4, -0.2) is 12.6 Å². The average molecular weight is 254 g/mol. The molecule has 0 heterocycles.